The van der Waals surface area contributed by atoms with Crippen molar-refractivity contribution < 1.29 is 4.92 Å². The molecule has 0 aromatic carbocycles. The molecular weight excluding hydrogens is 292 g/mol. The maximum atomic E-state index is 10.9. The van der Waals surface area contributed by atoms with Gasteiger partial charge in [-0.2, -0.15) is 0 Å². The van der Waals surface area contributed by atoms with Gasteiger partial charge in [0.1, 0.15) is 11.0 Å². The van der Waals surface area contributed by atoms with E-state index >= 15 is 0 Å². The smallest absolute Gasteiger partial charge is 0.276 e. The molecule has 2 aliphatic rings. The van der Waals surface area contributed by atoms with Crippen LogP contribution in [0.25, 0.3) is 0 Å². The number of aromatic nitrogens is 1. The van der Waals surface area contributed by atoms with Crippen molar-refractivity contribution >= 4 is 23.1 Å². The monoisotopic (exact) mass is 310 g/mol. The summed E-state index contributed by atoms with van der Waals surface area (Å²) in [6.07, 6.45) is 5.86. The van der Waals surface area contributed by atoms with Gasteiger partial charge in [0.25, 0.3) is 5.69 Å². The number of piperidine rings is 2. The predicted octanol–water partition coefficient (Wildman–Crippen LogP) is 3.07. The van der Waals surface area contributed by atoms with E-state index in [0.29, 0.717) is 23.9 Å². The normalized spacial score (nSPS) is 29.1. The molecule has 2 aliphatic heterocycles. The first-order valence-electron chi connectivity index (χ1n) is 7.33. The Morgan fingerprint density at radius 1 is 1.38 bits per heavy atom. The van der Waals surface area contributed by atoms with Crippen LogP contribution < -0.4 is 5.32 Å². The van der Waals surface area contributed by atoms with Crippen LogP contribution in [0.1, 0.15) is 32.1 Å². The molecule has 3 heterocycles. The van der Waals surface area contributed by atoms with E-state index in [1.165, 1.54) is 31.4 Å². The summed E-state index contributed by atoms with van der Waals surface area (Å²) in [5.41, 5.74) is -0.0226. The van der Waals surface area contributed by atoms with Crippen LogP contribution in [0, 0.1) is 10.1 Å². The molecule has 3 rings (SSSR count). The summed E-state index contributed by atoms with van der Waals surface area (Å²) in [5, 5.41) is 14.4. The number of rotatable bonds is 3. The van der Waals surface area contributed by atoms with Crippen molar-refractivity contribution in [3.05, 3.63) is 27.4 Å². The number of nitrogens with zero attached hydrogens (tertiary/aromatic N) is 3. The summed E-state index contributed by atoms with van der Waals surface area (Å²) >= 11 is 5.87. The number of hydrogen-bond acceptors (Lipinski definition) is 5. The summed E-state index contributed by atoms with van der Waals surface area (Å²) in [6.45, 7) is 0. The maximum Gasteiger partial charge on any atom is 0.276 e. The molecule has 0 radical (unpaired) electrons. The fourth-order valence-electron chi connectivity index (χ4n) is 3.61. The summed E-state index contributed by atoms with van der Waals surface area (Å²) in [6, 6.07) is 4.24. The minimum Gasteiger partial charge on any atom is -0.367 e. The second kappa shape index (κ2) is 5.77. The highest BCUT2D eigenvalue weighted by molar-refractivity contribution is 6.29. The Balaban J connectivity index is 1.74. The summed E-state index contributed by atoms with van der Waals surface area (Å²) in [7, 11) is 2.20. The van der Waals surface area contributed by atoms with Crippen LogP contribution >= 0.6 is 11.6 Å². The van der Waals surface area contributed by atoms with Gasteiger partial charge < -0.3 is 10.2 Å². The molecule has 2 bridgehead atoms. The number of nitrogens with one attached hydrogen (secondary N) is 1. The molecule has 21 heavy (non-hydrogen) atoms. The zero-order chi connectivity index (χ0) is 15.0. The number of hydrogen-bond donors (Lipinski definition) is 1. The lowest BCUT2D eigenvalue weighted by molar-refractivity contribution is -0.384. The van der Waals surface area contributed by atoms with Crippen molar-refractivity contribution in [3.8, 4) is 0 Å². The van der Waals surface area contributed by atoms with Gasteiger partial charge in [-0.25, -0.2) is 4.98 Å². The second-order valence-corrected chi connectivity index (χ2v) is 6.39. The van der Waals surface area contributed by atoms with E-state index in [9.17, 15) is 10.1 Å². The highest BCUT2D eigenvalue weighted by Gasteiger charge is 2.36. The Labute approximate surface area is 128 Å². The third-order valence-electron chi connectivity index (χ3n) is 4.68. The lowest BCUT2D eigenvalue weighted by atomic mass is 9.82. The first kappa shape index (κ1) is 14.5. The van der Waals surface area contributed by atoms with Crippen molar-refractivity contribution in [1.29, 1.82) is 0 Å². The van der Waals surface area contributed by atoms with Crippen LogP contribution in [0.4, 0.5) is 11.5 Å². The topological polar surface area (TPSA) is 71.3 Å². The first-order valence-corrected chi connectivity index (χ1v) is 7.71. The van der Waals surface area contributed by atoms with Crippen LogP contribution in [-0.2, 0) is 0 Å². The van der Waals surface area contributed by atoms with E-state index in [1.807, 2.05) is 0 Å². The van der Waals surface area contributed by atoms with Gasteiger partial charge in [-0.05, 0) is 32.7 Å². The van der Waals surface area contributed by atoms with E-state index in [0.717, 1.165) is 12.8 Å². The Hall–Kier alpha value is -1.40. The van der Waals surface area contributed by atoms with Gasteiger partial charge in [0.05, 0.1) is 17.1 Å². The Morgan fingerprint density at radius 2 is 2.05 bits per heavy atom. The van der Waals surface area contributed by atoms with Crippen LogP contribution in [0.3, 0.4) is 0 Å². The van der Waals surface area contributed by atoms with Crippen LogP contribution in [-0.4, -0.2) is 40.0 Å². The van der Waals surface area contributed by atoms with Gasteiger partial charge in [0.2, 0.25) is 0 Å². The largest absolute Gasteiger partial charge is 0.367 e. The minimum atomic E-state index is -0.442. The summed E-state index contributed by atoms with van der Waals surface area (Å²) in [4.78, 5) is 17.1. The lowest BCUT2D eigenvalue weighted by Crippen LogP contribution is -2.52. The van der Waals surface area contributed by atoms with E-state index < -0.39 is 4.92 Å². The number of fused-ring (bicyclic) bond motifs is 2. The zero-order valence-corrected chi connectivity index (χ0v) is 12.7. The average Bonchev–Trinajstić information content (AvgIpc) is 2.39. The number of halogens is 1. The number of pyridine rings is 1. The molecular formula is C14H19ClN4O2. The molecule has 0 aliphatic carbocycles. The molecule has 0 amide bonds. The SMILES string of the molecule is CN1C2CCCC1CC(Nc1cc([N+](=O)[O-])cc(Cl)n1)C2. The number of nitro groups is 1. The first-order chi connectivity index (χ1) is 10.0. The Morgan fingerprint density at radius 3 is 2.67 bits per heavy atom. The van der Waals surface area contributed by atoms with Crippen molar-refractivity contribution in [1.82, 2.24) is 9.88 Å². The van der Waals surface area contributed by atoms with E-state index in [1.54, 1.807) is 0 Å². The average molecular weight is 311 g/mol. The van der Waals surface area contributed by atoms with Gasteiger partial charge in [-0.3, -0.25) is 10.1 Å². The summed E-state index contributed by atoms with van der Waals surface area (Å²) in [5.74, 6) is 0.502. The Kier molecular flexibility index (Phi) is 3.99. The molecule has 114 valence electrons. The van der Waals surface area contributed by atoms with Gasteiger partial charge in [-0.1, -0.05) is 18.0 Å². The van der Waals surface area contributed by atoms with Crippen molar-refractivity contribution in [3.63, 3.8) is 0 Å². The molecule has 2 unspecified atom stereocenters. The highest BCUT2D eigenvalue weighted by Crippen LogP contribution is 2.34. The molecule has 2 atom stereocenters. The maximum absolute atomic E-state index is 10.9. The zero-order valence-electron chi connectivity index (χ0n) is 12.0. The highest BCUT2D eigenvalue weighted by atomic mass is 35.5. The molecule has 7 heteroatoms. The standard InChI is InChI=1S/C14H19ClN4O2/c1-18-10-3-2-4-11(18)6-9(5-10)16-14-8-12(19(20)21)7-13(15)17-14/h7-11H,2-6H2,1H3,(H,16,17). The van der Waals surface area contributed by atoms with Crippen LogP contribution in [0.15, 0.2) is 12.1 Å². The van der Waals surface area contributed by atoms with Gasteiger partial charge in [0.15, 0.2) is 0 Å². The van der Waals surface area contributed by atoms with Gasteiger partial charge in [0, 0.05) is 18.1 Å². The quantitative estimate of drug-likeness (QED) is 0.528. The fraction of sp³-hybridized carbons (Fsp3) is 0.643. The lowest BCUT2D eigenvalue weighted by Gasteiger charge is -2.47. The molecule has 2 fully saturated rings. The molecule has 6 nitrogen and oxygen atoms in total. The Bertz CT molecular complexity index is 540. The molecule has 0 saturated carbocycles. The van der Waals surface area contributed by atoms with Crippen molar-refractivity contribution in [2.45, 2.75) is 50.2 Å². The van der Waals surface area contributed by atoms with Gasteiger partial charge >= 0.3 is 0 Å². The third-order valence-corrected chi connectivity index (χ3v) is 4.88. The van der Waals surface area contributed by atoms with Crippen LogP contribution in [0.2, 0.25) is 5.15 Å². The molecule has 0 spiro atoms. The van der Waals surface area contributed by atoms with Crippen LogP contribution in [0.5, 0.6) is 0 Å². The number of anilines is 1. The fourth-order valence-corrected chi connectivity index (χ4v) is 3.81. The van der Waals surface area contributed by atoms with Gasteiger partial charge in [-0.15, -0.1) is 0 Å². The second-order valence-electron chi connectivity index (χ2n) is 6.01. The molecule has 1 N–H and O–H groups in total. The third kappa shape index (κ3) is 3.11. The van der Waals surface area contributed by atoms with Crippen molar-refractivity contribution in [2.75, 3.05) is 12.4 Å². The van der Waals surface area contributed by atoms with E-state index in [4.69, 9.17) is 11.6 Å². The van der Waals surface area contributed by atoms with Crippen molar-refractivity contribution in [2.24, 2.45) is 0 Å². The van der Waals surface area contributed by atoms with E-state index in [2.05, 4.69) is 22.2 Å². The molecule has 1 aromatic rings. The molecule has 1 aromatic heterocycles. The molecule has 2 saturated heterocycles. The summed E-state index contributed by atoms with van der Waals surface area (Å²) < 4.78 is 0. The van der Waals surface area contributed by atoms with E-state index in [-0.39, 0.29) is 10.8 Å². The minimum absolute atomic E-state index is 0.0226. The predicted molar refractivity (Wildman–Crippen MR) is 81.7 cm³/mol.